The first kappa shape index (κ1) is 19.0. The van der Waals surface area contributed by atoms with E-state index in [2.05, 4.69) is 38.5 Å². The van der Waals surface area contributed by atoms with Gasteiger partial charge in [0.1, 0.15) is 18.2 Å². The predicted octanol–water partition coefficient (Wildman–Crippen LogP) is 4.32. The van der Waals surface area contributed by atoms with Crippen molar-refractivity contribution in [3.8, 4) is 11.5 Å². The van der Waals surface area contributed by atoms with E-state index >= 15 is 0 Å². The molecule has 1 amide bonds. The van der Waals surface area contributed by atoms with Gasteiger partial charge in [0.15, 0.2) is 0 Å². The first-order valence-electron chi connectivity index (χ1n) is 7.00. The smallest absolute Gasteiger partial charge is 0.264 e. The van der Waals surface area contributed by atoms with Crippen LogP contribution in [0.1, 0.15) is 10.4 Å². The normalized spacial score (nSPS) is 10.4. The first-order valence-corrected chi connectivity index (χ1v) is 8.87. The van der Waals surface area contributed by atoms with Crippen LogP contribution in [-0.2, 0) is 4.74 Å². The van der Waals surface area contributed by atoms with E-state index in [4.69, 9.17) is 14.2 Å². The van der Waals surface area contributed by atoms with Crippen LogP contribution in [0.4, 0.5) is 5.69 Å². The number of hydrogen-bond acceptors (Lipinski definition) is 4. The topological polar surface area (TPSA) is 48.0 Å². The van der Waals surface area contributed by atoms with E-state index in [0.29, 0.717) is 21.5 Å². The zero-order valence-corrected chi connectivity index (χ0v) is 17.3. The van der Waals surface area contributed by atoms with Crippen LogP contribution < -0.4 is 14.4 Å². The van der Waals surface area contributed by atoms with Crippen molar-refractivity contribution >= 4 is 50.1 Å². The van der Waals surface area contributed by atoms with Crippen molar-refractivity contribution in [2.24, 2.45) is 0 Å². The molecule has 0 heterocycles. The second-order valence-corrected chi connectivity index (χ2v) is 6.81. The van der Waals surface area contributed by atoms with E-state index in [1.807, 2.05) is 24.3 Å². The molecule has 0 saturated heterocycles. The van der Waals surface area contributed by atoms with Crippen LogP contribution in [0.3, 0.4) is 0 Å². The zero-order valence-electron chi connectivity index (χ0n) is 13.5. The molecule has 0 unspecified atom stereocenters. The molecule has 128 valence electrons. The number of carbonyl (C=O) groups is 1. The van der Waals surface area contributed by atoms with Crippen LogP contribution in [0.5, 0.6) is 11.5 Å². The summed E-state index contributed by atoms with van der Waals surface area (Å²) in [6.45, 7) is 0.122. The number of rotatable bonds is 6. The van der Waals surface area contributed by atoms with Crippen LogP contribution in [0, 0.1) is 3.57 Å². The van der Waals surface area contributed by atoms with Gasteiger partial charge in [0.25, 0.3) is 5.91 Å². The Hall–Kier alpha value is -1.32. The van der Waals surface area contributed by atoms with Crippen molar-refractivity contribution in [2.45, 2.75) is 0 Å². The number of carbonyl (C=O) groups excluding carboxylic acids is 1. The lowest BCUT2D eigenvalue weighted by Crippen LogP contribution is -2.33. The van der Waals surface area contributed by atoms with Gasteiger partial charge >= 0.3 is 0 Å². The van der Waals surface area contributed by atoms with Gasteiger partial charge in [-0.25, -0.2) is 0 Å². The van der Waals surface area contributed by atoms with Gasteiger partial charge in [-0.15, -0.1) is 0 Å². The molecule has 24 heavy (non-hydrogen) atoms. The molecule has 0 fully saturated rings. The Balaban J connectivity index is 2.55. The molecule has 0 atom stereocenters. The van der Waals surface area contributed by atoms with Gasteiger partial charge < -0.3 is 14.2 Å². The van der Waals surface area contributed by atoms with E-state index in [1.54, 1.807) is 31.3 Å². The number of benzene rings is 2. The number of ether oxygens (including phenoxy) is 3. The number of hydrogen-bond donors (Lipinski definition) is 0. The minimum Gasteiger partial charge on any atom is -0.497 e. The molecule has 0 radical (unpaired) electrons. The van der Waals surface area contributed by atoms with Crippen molar-refractivity contribution in [2.75, 3.05) is 33.0 Å². The molecule has 0 N–H and O–H groups in total. The van der Waals surface area contributed by atoms with Crippen molar-refractivity contribution < 1.29 is 19.0 Å². The Morgan fingerprint density at radius 2 is 1.88 bits per heavy atom. The molecular weight excluding hydrogens is 489 g/mol. The highest BCUT2D eigenvalue weighted by Gasteiger charge is 2.25. The maximum atomic E-state index is 13.2. The molecule has 0 saturated carbocycles. The standard InChI is InChI=1S/C17H17BrINO4/c1-22-10-20(15-7-5-4-6-14(15)19)17(21)12-8-11(23-2)9-13(18)16(12)24-3/h4-9H,10H2,1-3H3. The fourth-order valence-electron chi connectivity index (χ4n) is 2.24. The van der Waals surface area contributed by atoms with Crippen molar-refractivity contribution in [1.82, 2.24) is 0 Å². The predicted molar refractivity (Wildman–Crippen MR) is 105 cm³/mol. The summed E-state index contributed by atoms with van der Waals surface area (Å²) < 4.78 is 17.5. The molecule has 2 rings (SSSR count). The highest BCUT2D eigenvalue weighted by atomic mass is 127. The summed E-state index contributed by atoms with van der Waals surface area (Å²) in [5.74, 6) is 0.774. The fourth-order valence-corrected chi connectivity index (χ4v) is 3.52. The Morgan fingerprint density at radius 1 is 1.17 bits per heavy atom. The highest BCUT2D eigenvalue weighted by Crippen LogP contribution is 2.35. The van der Waals surface area contributed by atoms with Gasteiger partial charge in [-0.1, -0.05) is 12.1 Å². The van der Waals surface area contributed by atoms with Gasteiger partial charge in [0.2, 0.25) is 0 Å². The largest absolute Gasteiger partial charge is 0.497 e. The van der Waals surface area contributed by atoms with Crippen molar-refractivity contribution in [3.05, 3.63) is 50.0 Å². The molecular formula is C17H17BrINO4. The monoisotopic (exact) mass is 505 g/mol. The van der Waals surface area contributed by atoms with E-state index in [-0.39, 0.29) is 12.6 Å². The second kappa shape index (κ2) is 8.68. The van der Waals surface area contributed by atoms with Crippen LogP contribution in [-0.4, -0.2) is 34.0 Å². The lowest BCUT2D eigenvalue weighted by atomic mass is 10.1. The number of methoxy groups -OCH3 is 3. The minimum absolute atomic E-state index is 0.122. The number of amides is 1. The third-order valence-corrected chi connectivity index (χ3v) is 4.84. The summed E-state index contributed by atoms with van der Waals surface area (Å²) in [6, 6.07) is 11.0. The second-order valence-electron chi connectivity index (χ2n) is 4.79. The maximum absolute atomic E-state index is 13.2. The molecule has 0 spiro atoms. The van der Waals surface area contributed by atoms with Crippen LogP contribution >= 0.6 is 38.5 Å². The molecule has 0 aliphatic rings. The number of para-hydroxylation sites is 1. The molecule has 2 aromatic rings. The zero-order chi connectivity index (χ0) is 17.7. The molecule has 5 nitrogen and oxygen atoms in total. The average Bonchev–Trinajstić information content (AvgIpc) is 2.59. The fraction of sp³-hybridized carbons (Fsp3) is 0.235. The van der Waals surface area contributed by atoms with E-state index in [0.717, 1.165) is 9.26 Å². The molecule has 0 bridgehead atoms. The first-order chi connectivity index (χ1) is 11.5. The molecule has 0 aromatic heterocycles. The van der Waals surface area contributed by atoms with Crippen LogP contribution in [0.25, 0.3) is 0 Å². The summed E-state index contributed by atoms with van der Waals surface area (Å²) in [6.07, 6.45) is 0. The van der Waals surface area contributed by atoms with Crippen molar-refractivity contribution in [3.63, 3.8) is 0 Å². The average molecular weight is 506 g/mol. The van der Waals surface area contributed by atoms with Gasteiger partial charge in [-0.05, 0) is 62.8 Å². The van der Waals surface area contributed by atoms with Crippen LogP contribution in [0.2, 0.25) is 0 Å². The van der Waals surface area contributed by atoms with Gasteiger partial charge in [0, 0.05) is 10.7 Å². The third kappa shape index (κ3) is 4.01. The summed E-state index contributed by atoms with van der Waals surface area (Å²) >= 11 is 5.61. The summed E-state index contributed by atoms with van der Waals surface area (Å²) in [5.41, 5.74) is 1.16. The SMILES string of the molecule is COCN(C(=O)c1cc(OC)cc(Br)c1OC)c1ccccc1I. The Bertz CT molecular complexity index is 739. The quantitative estimate of drug-likeness (QED) is 0.433. The summed E-state index contributed by atoms with van der Waals surface area (Å²) in [4.78, 5) is 14.7. The van der Waals surface area contributed by atoms with E-state index in [1.165, 1.54) is 7.11 Å². The van der Waals surface area contributed by atoms with Gasteiger partial charge in [0.05, 0.1) is 29.9 Å². The molecule has 0 aliphatic heterocycles. The molecule has 2 aromatic carbocycles. The summed E-state index contributed by atoms with van der Waals surface area (Å²) in [7, 11) is 4.63. The summed E-state index contributed by atoms with van der Waals surface area (Å²) in [5, 5.41) is 0. The van der Waals surface area contributed by atoms with Gasteiger partial charge in [-0.3, -0.25) is 9.69 Å². The van der Waals surface area contributed by atoms with Crippen LogP contribution in [0.15, 0.2) is 40.9 Å². The minimum atomic E-state index is -0.239. The highest BCUT2D eigenvalue weighted by molar-refractivity contribution is 14.1. The Morgan fingerprint density at radius 3 is 2.46 bits per heavy atom. The lowest BCUT2D eigenvalue weighted by Gasteiger charge is -2.24. The number of anilines is 1. The van der Waals surface area contributed by atoms with E-state index < -0.39 is 0 Å². The lowest BCUT2D eigenvalue weighted by molar-refractivity contribution is 0.0933. The Labute approximate surface area is 163 Å². The number of nitrogens with zero attached hydrogens (tertiary/aromatic N) is 1. The molecule has 0 aliphatic carbocycles. The van der Waals surface area contributed by atoms with Crippen molar-refractivity contribution in [1.29, 1.82) is 0 Å². The third-order valence-electron chi connectivity index (χ3n) is 3.33. The Kier molecular flexibility index (Phi) is 6.88. The maximum Gasteiger partial charge on any atom is 0.264 e. The van der Waals surface area contributed by atoms with Gasteiger partial charge in [-0.2, -0.15) is 0 Å². The van der Waals surface area contributed by atoms with E-state index in [9.17, 15) is 4.79 Å². The number of halogens is 2. The molecule has 7 heteroatoms.